The smallest absolute Gasteiger partial charge is 0.0315 e. The molecule has 0 heterocycles. The predicted octanol–water partition coefficient (Wildman–Crippen LogP) is 2.27. The fraction of sp³-hybridized carbons (Fsp3) is 1.00. The van der Waals surface area contributed by atoms with Gasteiger partial charge in [-0.25, -0.2) is 0 Å². The molecule has 0 aliphatic heterocycles. The van der Waals surface area contributed by atoms with E-state index in [-0.39, 0.29) is 5.54 Å². The van der Waals surface area contributed by atoms with Crippen molar-refractivity contribution in [2.45, 2.75) is 64.0 Å². The Hall–Kier alpha value is -0.0800. The van der Waals surface area contributed by atoms with E-state index in [4.69, 9.17) is 11.5 Å². The summed E-state index contributed by atoms with van der Waals surface area (Å²) < 4.78 is 0. The maximum atomic E-state index is 6.34. The molecule has 4 aliphatic rings. The Kier molecular flexibility index (Phi) is 3.09. The third kappa shape index (κ3) is 1.94. The van der Waals surface area contributed by atoms with Gasteiger partial charge >= 0.3 is 0 Å². The number of rotatable bonds is 0. The summed E-state index contributed by atoms with van der Waals surface area (Å²) in [7, 11) is 0. The summed E-state index contributed by atoms with van der Waals surface area (Å²) in [5.41, 5.74) is 12.6. The van der Waals surface area contributed by atoms with E-state index in [0.717, 1.165) is 17.8 Å². The average Bonchev–Trinajstić information content (AvgIpc) is 2.13. The van der Waals surface area contributed by atoms with Crippen LogP contribution in [0, 0.1) is 17.8 Å². The first kappa shape index (κ1) is 11.4. The summed E-state index contributed by atoms with van der Waals surface area (Å²) >= 11 is 0. The second kappa shape index (κ2) is 4.06. The lowest BCUT2D eigenvalue weighted by atomic mass is 9.51. The second-order valence-corrected chi connectivity index (χ2v) is 6.07. The van der Waals surface area contributed by atoms with E-state index in [1.807, 2.05) is 0 Å². The molecule has 3 unspecified atom stereocenters. The SMILES string of the molecule is CCC.NC1C2CC3CC(C2)CC1(N)C3. The van der Waals surface area contributed by atoms with Gasteiger partial charge in [0.15, 0.2) is 0 Å². The van der Waals surface area contributed by atoms with Gasteiger partial charge in [-0.1, -0.05) is 20.3 Å². The zero-order chi connectivity index (χ0) is 11.1. The lowest BCUT2D eigenvalue weighted by molar-refractivity contribution is -0.0189. The second-order valence-electron chi connectivity index (χ2n) is 6.07. The third-order valence-corrected chi connectivity index (χ3v) is 4.45. The van der Waals surface area contributed by atoms with Crippen LogP contribution in [0.5, 0.6) is 0 Å². The first-order valence-corrected chi connectivity index (χ1v) is 6.63. The highest BCUT2D eigenvalue weighted by Crippen LogP contribution is 2.53. The summed E-state index contributed by atoms with van der Waals surface area (Å²) in [4.78, 5) is 0. The quantitative estimate of drug-likeness (QED) is 0.644. The predicted molar refractivity (Wildman–Crippen MR) is 64.4 cm³/mol. The Labute approximate surface area is 93.8 Å². The third-order valence-electron chi connectivity index (χ3n) is 4.45. The zero-order valence-corrected chi connectivity index (χ0v) is 10.2. The minimum Gasteiger partial charge on any atom is -0.326 e. The highest BCUT2D eigenvalue weighted by atomic mass is 14.9. The van der Waals surface area contributed by atoms with Gasteiger partial charge in [0.2, 0.25) is 0 Å². The van der Waals surface area contributed by atoms with Crippen LogP contribution in [0.3, 0.4) is 0 Å². The van der Waals surface area contributed by atoms with E-state index in [2.05, 4.69) is 13.8 Å². The number of hydrogen-bond acceptors (Lipinski definition) is 2. The molecule has 0 amide bonds. The molecule has 4 bridgehead atoms. The van der Waals surface area contributed by atoms with Crippen LogP contribution in [0.1, 0.15) is 52.4 Å². The lowest BCUT2D eigenvalue weighted by Gasteiger charge is -2.58. The van der Waals surface area contributed by atoms with Gasteiger partial charge in [0, 0.05) is 11.6 Å². The molecule has 2 nitrogen and oxygen atoms in total. The molecule has 4 aliphatic carbocycles. The van der Waals surface area contributed by atoms with Crippen molar-refractivity contribution in [3.63, 3.8) is 0 Å². The van der Waals surface area contributed by atoms with Crippen LogP contribution in [0.4, 0.5) is 0 Å². The molecule has 4 saturated carbocycles. The molecular formula is C13H26N2. The summed E-state index contributed by atoms with van der Waals surface area (Å²) in [6, 6.07) is 0.310. The fourth-order valence-corrected chi connectivity index (χ4v) is 4.14. The highest BCUT2D eigenvalue weighted by molar-refractivity contribution is 5.11. The van der Waals surface area contributed by atoms with E-state index in [9.17, 15) is 0 Å². The molecule has 0 aromatic heterocycles. The summed E-state index contributed by atoms with van der Waals surface area (Å²) in [6.07, 6.45) is 7.86. The Balaban J connectivity index is 0.000000258. The molecule has 0 spiro atoms. The molecule has 15 heavy (non-hydrogen) atoms. The molecule has 0 radical (unpaired) electrons. The Morgan fingerprint density at radius 1 is 1.07 bits per heavy atom. The van der Waals surface area contributed by atoms with Crippen molar-refractivity contribution in [2.24, 2.45) is 29.2 Å². The molecule has 4 fully saturated rings. The highest BCUT2D eigenvalue weighted by Gasteiger charge is 2.53. The van der Waals surface area contributed by atoms with E-state index in [1.54, 1.807) is 0 Å². The molecule has 2 heteroatoms. The van der Waals surface area contributed by atoms with Gasteiger partial charge in [0.05, 0.1) is 0 Å². The van der Waals surface area contributed by atoms with Gasteiger partial charge in [-0.3, -0.25) is 0 Å². The zero-order valence-electron chi connectivity index (χ0n) is 10.2. The van der Waals surface area contributed by atoms with E-state index >= 15 is 0 Å². The van der Waals surface area contributed by atoms with Crippen molar-refractivity contribution >= 4 is 0 Å². The van der Waals surface area contributed by atoms with Gasteiger partial charge in [0.1, 0.15) is 0 Å². The van der Waals surface area contributed by atoms with E-state index in [0.29, 0.717) is 6.04 Å². The van der Waals surface area contributed by atoms with Crippen LogP contribution in [0.15, 0.2) is 0 Å². The normalized spacial score (nSPS) is 51.2. The molecule has 0 aromatic carbocycles. The monoisotopic (exact) mass is 210 g/mol. The first-order valence-electron chi connectivity index (χ1n) is 6.63. The van der Waals surface area contributed by atoms with Gasteiger partial charge in [0.25, 0.3) is 0 Å². The van der Waals surface area contributed by atoms with Crippen LogP contribution >= 0.6 is 0 Å². The molecule has 3 atom stereocenters. The van der Waals surface area contributed by atoms with Crippen molar-refractivity contribution in [3.8, 4) is 0 Å². The topological polar surface area (TPSA) is 52.0 Å². The Morgan fingerprint density at radius 3 is 1.93 bits per heavy atom. The summed E-state index contributed by atoms with van der Waals surface area (Å²) in [5, 5.41) is 0. The summed E-state index contributed by atoms with van der Waals surface area (Å²) in [6.45, 7) is 4.25. The largest absolute Gasteiger partial charge is 0.326 e. The van der Waals surface area contributed by atoms with Gasteiger partial charge in [-0.05, 0) is 49.9 Å². The number of nitrogens with two attached hydrogens (primary N) is 2. The molecule has 0 saturated heterocycles. The Bertz CT molecular complexity index is 213. The molecule has 4 rings (SSSR count). The number of hydrogen-bond donors (Lipinski definition) is 2. The van der Waals surface area contributed by atoms with Crippen molar-refractivity contribution < 1.29 is 0 Å². The van der Waals surface area contributed by atoms with Crippen molar-refractivity contribution in [2.75, 3.05) is 0 Å². The standard InChI is InChI=1S/C10H18N2.C3H8/c11-9-8-2-6-1-7(3-8)5-10(9,12)4-6;1-3-2/h6-9H,1-5,11-12H2;3H2,1-2H3. The van der Waals surface area contributed by atoms with Crippen LogP contribution in [-0.4, -0.2) is 11.6 Å². The van der Waals surface area contributed by atoms with Crippen LogP contribution in [0.25, 0.3) is 0 Å². The van der Waals surface area contributed by atoms with Crippen molar-refractivity contribution in [1.29, 1.82) is 0 Å². The maximum absolute atomic E-state index is 6.34. The van der Waals surface area contributed by atoms with Crippen molar-refractivity contribution in [1.82, 2.24) is 0 Å². The van der Waals surface area contributed by atoms with Gasteiger partial charge in [-0.2, -0.15) is 0 Å². The van der Waals surface area contributed by atoms with Gasteiger partial charge < -0.3 is 11.5 Å². The minimum absolute atomic E-state index is 0.0365. The first-order chi connectivity index (χ1) is 7.09. The summed E-state index contributed by atoms with van der Waals surface area (Å²) in [5.74, 6) is 2.61. The molecule has 0 aromatic rings. The minimum atomic E-state index is 0.0365. The lowest BCUT2D eigenvalue weighted by Crippen LogP contribution is -2.68. The fourth-order valence-electron chi connectivity index (χ4n) is 4.14. The molecular weight excluding hydrogens is 184 g/mol. The Morgan fingerprint density at radius 2 is 1.53 bits per heavy atom. The maximum Gasteiger partial charge on any atom is 0.0315 e. The molecule has 88 valence electrons. The molecule has 4 N–H and O–H groups in total. The van der Waals surface area contributed by atoms with Crippen LogP contribution in [0.2, 0.25) is 0 Å². The average molecular weight is 210 g/mol. The van der Waals surface area contributed by atoms with E-state index < -0.39 is 0 Å². The van der Waals surface area contributed by atoms with Crippen LogP contribution < -0.4 is 11.5 Å². The van der Waals surface area contributed by atoms with Gasteiger partial charge in [-0.15, -0.1) is 0 Å². The van der Waals surface area contributed by atoms with E-state index in [1.165, 1.54) is 38.5 Å². The van der Waals surface area contributed by atoms with Crippen LogP contribution in [-0.2, 0) is 0 Å². The van der Waals surface area contributed by atoms with Crippen molar-refractivity contribution in [3.05, 3.63) is 0 Å².